The zero-order valence-electron chi connectivity index (χ0n) is 18.9. The van der Waals surface area contributed by atoms with Gasteiger partial charge in [0, 0.05) is 28.1 Å². The SMILES string of the molecule is CCc1nc2sc3c(SCC(=O)Nc4ccc(Cl)cc4Cl)ncnc3c2c2c1COC(C)(C)C2. The Hall–Kier alpha value is -1.97. The van der Waals surface area contributed by atoms with E-state index in [0.29, 0.717) is 22.3 Å². The van der Waals surface area contributed by atoms with E-state index in [2.05, 4.69) is 36.1 Å². The smallest absolute Gasteiger partial charge is 0.234 e. The van der Waals surface area contributed by atoms with Crippen LogP contribution in [-0.4, -0.2) is 32.2 Å². The molecule has 4 heterocycles. The summed E-state index contributed by atoms with van der Waals surface area (Å²) in [5.74, 6) is 0.0103. The number of rotatable bonds is 5. The maximum Gasteiger partial charge on any atom is 0.234 e. The van der Waals surface area contributed by atoms with Gasteiger partial charge in [0.1, 0.15) is 16.2 Å². The number of fused-ring (bicyclic) bond motifs is 5. The van der Waals surface area contributed by atoms with Crippen molar-refractivity contribution in [3.05, 3.63) is 51.4 Å². The Morgan fingerprint density at radius 1 is 1.26 bits per heavy atom. The lowest BCUT2D eigenvalue weighted by atomic mass is 9.89. The highest BCUT2D eigenvalue weighted by molar-refractivity contribution is 8.00. The molecule has 0 saturated carbocycles. The molecule has 1 aliphatic heterocycles. The van der Waals surface area contributed by atoms with Crippen molar-refractivity contribution in [3.8, 4) is 0 Å². The van der Waals surface area contributed by atoms with Crippen LogP contribution in [-0.2, 0) is 29.0 Å². The van der Waals surface area contributed by atoms with E-state index in [-0.39, 0.29) is 17.3 Å². The van der Waals surface area contributed by atoms with E-state index < -0.39 is 0 Å². The molecule has 0 bridgehead atoms. The molecule has 0 spiro atoms. The van der Waals surface area contributed by atoms with Gasteiger partial charge in [-0.1, -0.05) is 41.9 Å². The first kappa shape index (κ1) is 23.8. The number of carbonyl (C=O) groups is 1. The number of nitrogens with zero attached hydrogens (tertiary/aromatic N) is 3. The van der Waals surface area contributed by atoms with E-state index in [4.69, 9.17) is 32.9 Å². The average Bonchev–Trinajstić information content (AvgIpc) is 3.17. The van der Waals surface area contributed by atoms with Gasteiger partial charge in [-0.15, -0.1) is 11.3 Å². The summed E-state index contributed by atoms with van der Waals surface area (Å²) >= 11 is 15.1. The molecule has 34 heavy (non-hydrogen) atoms. The number of nitrogens with one attached hydrogen (secondary N) is 1. The van der Waals surface area contributed by atoms with Crippen LogP contribution < -0.4 is 5.32 Å². The molecular formula is C24H22Cl2N4O2S2. The van der Waals surface area contributed by atoms with Gasteiger partial charge in [0.25, 0.3) is 0 Å². The van der Waals surface area contributed by atoms with Crippen molar-refractivity contribution in [2.24, 2.45) is 0 Å². The zero-order valence-corrected chi connectivity index (χ0v) is 22.0. The van der Waals surface area contributed by atoms with Crippen molar-refractivity contribution in [3.63, 3.8) is 0 Å². The number of carbonyl (C=O) groups excluding carboxylic acids is 1. The van der Waals surface area contributed by atoms with Crippen LogP contribution in [0.25, 0.3) is 20.4 Å². The monoisotopic (exact) mass is 532 g/mol. The van der Waals surface area contributed by atoms with Crippen molar-refractivity contribution >= 4 is 78.3 Å². The Morgan fingerprint density at radius 3 is 2.85 bits per heavy atom. The van der Waals surface area contributed by atoms with Crippen molar-refractivity contribution in [1.82, 2.24) is 15.0 Å². The third kappa shape index (κ3) is 4.50. The fraction of sp³-hybridized carbons (Fsp3) is 0.333. The average molecular weight is 534 g/mol. The summed E-state index contributed by atoms with van der Waals surface area (Å²) in [5, 5.41) is 5.60. The fourth-order valence-electron chi connectivity index (χ4n) is 4.16. The standard InChI is InChI=1S/C24H22Cl2N4O2S2/c1-4-16-14-9-32-24(2,3)8-13(14)19-20-21(34-22(19)30-16)23(28-11-27-20)33-10-18(31)29-17-6-5-12(25)7-15(17)26/h5-7,11H,4,8-10H2,1-3H3,(H,29,31). The topological polar surface area (TPSA) is 77.0 Å². The molecule has 1 aliphatic rings. The number of hydrogen-bond donors (Lipinski definition) is 1. The molecule has 1 amide bonds. The van der Waals surface area contributed by atoms with Crippen LogP contribution in [0.5, 0.6) is 0 Å². The van der Waals surface area contributed by atoms with Crippen LogP contribution in [0.3, 0.4) is 0 Å². The highest BCUT2D eigenvalue weighted by atomic mass is 35.5. The van der Waals surface area contributed by atoms with E-state index in [0.717, 1.165) is 44.0 Å². The highest BCUT2D eigenvalue weighted by Gasteiger charge is 2.31. The zero-order chi connectivity index (χ0) is 24.0. The van der Waals surface area contributed by atoms with Crippen molar-refractivity contribution in [1.29, 1.82) is 0 Å². The lowest BCUT2D eigenvalue weighted by Crippen LogP contribution is -2.32. The maximum absolute atomic E-state index is 12.6. The molecule has 0 unspecified atom stereocenters. The summed E-state index contributed by atoms with van der Waals surface area (Å²) in [4.78, 5) is 27.6. The lowest BCUT2D eigenvalue weighted by molar-refractivity contribution is -0.113. The molecule has 3 aromatic heterocycles. The molecular weight excluding hydrogens is 511 g/mol. The number of hydrogen-bond acceptors (Lipinski definition) is 7. The molecule has 0 radical (unpaired) electrons. The molecule has 5 rings (SSSR count). The molecule has 6 nitrogen and oxygen atoms in total. The van der Waals surface area contributed by atoms with Gasteiger partial charge in [0.15, 0.2) is 0 Å². The Bertz CT molecular complexity index is 1440. The van der Waals surface area contributed by atoms with Gasteiger partial charge in [-0.05, 0) is 44.0 Å². The van der Waals surface area contributed by atoms with Crippen LogP contribution in [0.4, 0.5) is 5.69 Å². The Morgan fingerprint density at radius 2 is 2.09 bits per heavy atom. The Kier molecular flexibility index (Phi) is 6.46. The van der Waals surface area contributed by atoms with Crippen LogP contribution in [0.2, 0.25) is 10.0 Å². The highest BCUT2D eigenvalue weighted by Crippen LogP contribution is 2.42. The number of benzene rings is 1. The number of ether oxygens (including phenoxy) is 1. The van der Waals surface area contributed by atoms with Crippen LogP contribution >= 0.6 is 46.3 Å². The van der Waals surface area contributed by atoms with Crippen molar-refractivity contribution in [2.45, 2.75) is 50.8 Å². The summed E-state index contributed by atoms with van der Waals surface area (Å²) < 4.78 is 7.04. The van der Waals surface area contributed by atoms with Crippen LogP contribution in [0, 0.1) is 0 Å². The van der Waals surface area contributed by atoms with E-state index >= 15 is 0 Å². The van der Waals surface area contributed by atoms with E-state index in [1.807, 2.05) is 0 Å². The Balaban J connectivity index is 1.48. The summed E-state index contributed by atoms with van der Waals surface area (Å²) in [6, 6.07) is 4.97. The minimum atomic E-state index is -0.244. The first-order valence-electron chi connectivity index (χ1n) is 10.8. The van der Waals surface area contributed by atoms with Gasteiger partial charge in [0.2, 0.25) is 5.91 Å². The quantitative estimate of drug-likeness (QED) is 0.228. The number of thiophene rings is 1. The first-order valence-corrected chi connectivity index (χ1v) is 13.4. The third-order valence-electron chi connectivity index (χ3n) is 5.76. The van der Waals surface area contributed by atoms with Crippen LogP contribution in [0.1, 0.15) is 37.6 Å². The van der Waals surface area contributed by atoms with E-state index in [1.54, 1.807) is 35.9 Å². The van der Waals surface area contributed by atoms with E-state index in [9.17, 15) is 4.79 Å². The summed E-state index contributed by atoms with van der Waals surface area (Å²) in [7, 11) is 0. The molecule has 0 atom stereocenters. The third-order valence-corrected chi connectivity index (χ3v) is 8.51. The fourth-order valence-corrected chi connectivity index (χ4v) is 6.67. The Labute approximate surface area is 215 Å². The van der Waals surface area contributed by atoms with Gasteiger partial charge >= 0.3 is 0 Å². The van der Waals surface area contributed by atoms with Gasteiger partial charge in [-0.25, -0.2) is 15.0 Å². The first-order chi connectivity index (χ1) is 16.3. The number of thioether (sulfide) groups is 1. The number of pyridine rings is 1. The summed E-state index contributed by atoms with van der Waals surface area (Å²) in [6.07, 6.45) is 3.21. The van der Waals surface area contributed by atoms with Crippen molar-refractivity contribution < 1.29 is 9.53 Å². The van der Waals surface area contributed by atoms with Gasteiger partial charge in [0.05, 0.1) is 38.9 Å². The molecule has 0 fully saturated rings. The number of aryl methyl sites for hydroxylation is 1. The molecule has 4 aromatic rings. The van der Waals surface area contributed by atoms with Gasteiger partial charge < -0.3 is 10.1 Å². The minimum absolute atomic E-state index is 0.176. The second-order valence-electron chi connectivity index (χ2n) is 8.69. The summed E-state index contributed by atoms with van der Waals surface area (Å²) in [6.45, 7) is 6.91. The molecule has 10 heteroatoms. The molecule has 1 N–H and O–H groups in total. The van der Waals surface area contributed by atoms with E-state index in [1.165, 1.54) is 22.9 Å². The van der Waals surface area contributed by atoms with Crippen LogP contribution in [0.15, 0.2) is 29.6 Å². The van der Waals surface area contributed by atoms with Crippen molar-refractivity contribution in [2.75, 3.05) is 11.1 Å². The normalized spacial score (nSPS) is 15.0. The molecule has 176 valence electrons. The summed E-state index contributed by atoms with van der Waals surface area (Å²) in [5.41, 5.74) is 4.70. The maximum atomic E-state index is 12.6. The number of aromatic nitrogens is 3. The predicted molar refractivity (Wildman–Crippen MR) is 140 cm³/mol. The van der Waals surface area contributed by atoms with Gasteiger partial charge in [-0.2, -0.15) is 0 Å². The predicted octanol–water partition coefficient (Wildman–Crippen LogP) is 6.69. The van der Waals surface area contributed by atoms with Gasteiger partial charge in [-0.3, -0.25) is 4.79 Å². The lowest BCUT2D eigenvalue weighted by Gasteiger charge is -2.33. The second-order valence-corrected chi connectivity index (χ2v) is 11.5. The number of halogens is 2. The largest absolute Gasteiger partial charge is 0.370 e. The number of anilines is 1. The second kappa shape index (κ2) is 9.24. The minimum Gasteiger partial charge on any atom is -0.370 e. The molecule has 0 aliphatic carbocycles. The molecule has 0 saturated heterocycles. The number of amides is 1. The molecule has 1 aromatic carbocycles.